The predicted octanol–water partition coefficient (Wildman–Crippen LogP) is 3.03. The summed E-state index contributed by atoms with van der Waals surface area (Å²) in [4.78, 5) is 1.33. The third-order valence-electron chi connectivity index (χ3n) is 2.03. The van der Waals surface area contributed by atoms with Gasteiger partial charge in [0, 0.05) is 10.4 Å². The highest BCUT2D eigenvalue weighted by Gasteiger charge is 2.18. The maximum Gasteiger partial charge on any atom is 0.0879 e. The number of thiophene rings is 1. The van der Waals surface area contributed by atoms with Crippen LogP contribution in [0.15, 0.2) is 15.0 Å². The first kappa shape index (κ1) is 8.26. The van der Waals surface area contributed by atoms with Crippen molar-refractivity contribution in [3.05, 3.63) is 20.3 Å². The minimum absolute atomic E-state index is 0.832. The number of rotatable bonds is 0. The van der Waals surface area contributed by atoms with Crippen LogP contribution in [0.4, 0.5) is 0 Å². The van der Waals surface area contributed by atoms with E-state index in [-0.39, 0.29) is 0 Å². The Morgan fingerprint density at radius 1 is 1.50 bits per heavy atom. The van der Waals surface area contributed by atoms with Gasteiger partial charge in [-0.3, -0.25) is 0 Å². The standard InChI is InChI=1S/C8H8BrNOS/c9-8-4-5-6(10-11)2-1-3-7(5)12-8/h4,11H,1-3H2. The molecule has 0 aromatic carbocycles. The van der Waals surface area contributed by atoms with Gasteiger partial charge in [0.05, 0.1) is 9.50 Å². The fourth-order valence-corrected chi connectivity index (χ4v) is 3.24. The molecule has 0 spiro atoms. The Morgan fingerprint density at radius 2 is 2.33 bits per heavy atom. The highest BCUT2D eigenvalue weighted by atomic mass is 79.9. The lowest BCUT2D eigenvalue weighted by molar-refractivity contribution is 0.317. The average Bonchev–Trinajstić information content (AvgIpc) is 2.44. The van der Waals surface area contributed by atoms with E-state index in [0.717, 1.165) is 34.3 Å². The van der Waals surface area contributed by atoms with Crippen LogP contribution in [0.3, 0.4) is 0 Å². The molecule has 0 unspecified atom stereocenters. The van der Waals surface area contributed by atoms with Crippen LogP contribution in [0.1, 0.15) is 23.3 Å². The zero-order valence-electron chi connectivity index (χ0n) is 6.38. The van der Waals surface area contributed by atoms with Crippen molar-refractivity contribution in [3.8, 4) is 0 Å². The minimum atomic E-state index is 0.832. The molecule has 0 fully saturated rings. The molecular formula is C8H8BrNOS. The molecule has 2 rings (SSSR count). The summed E-state index contributed by atoms with van der Waals surface area (Å²) in [6, 6.07) is 2.04. The summed E-state index contributed by atoms with van der Waals surface area (Å²) in [5.74, 6) is 0. The summed E-state index contributed by atoms with van der Waals surface area (Å²) in [5.41, 5.74) is 1.96. The molecule has 1 heterocycles. The molecule has 0 bridgehead atoms. The molecule has 0 aliphatic heterocycles. The largest absolute Gasteiger partial charge is 0.411 e. The quantitative estimate of drug-likeness (QED) is 0.553. The van der Waals surface area contributed by atoms with Crippen molar-refractivity contribution in [2.24, 2.45) is 5.16 Å². The topological polar surface area (TPSA) is 32.6 Å². The van der Waals surface area contributed by atoms with Crippen molar-refractivity contribution in [1.82, 2.24) is 0 Å². The van der Waals surface area contributed by atoms with Crippen LogP contribution >= 0.6 is 27.3 Å². The van der Waals surface area contributed by atoms with Crippen molar-refractivity contribution < 1.29 is 5.21 Å². The summed E-state index contributed by atoms with van der Waals surface area (Å²) in [5, 5.41) is 12.0. The zero-order chi connectivity index (χ0) is 8.55. The van der Waals surface area contributed by atoms with Crippen molar-refractivity contribution in [2.45, 2.75) is 19.3 Å². The van der Waals surface area contributed by atoms with E-state index in [9.17, 15) is 0 Å². The molecule has 1 aliphatic rings. The van der Waals surface area contributed by atoms with Crippen molar-refractivity contribution in [2.75, 3.05) is 0 Å². The second kappa shape index (κ2) is 3.18. The molecular weight excluding hydrogens is 238 g/mol. The van der Waals surface area contributed by atoms with Gasteiger partial charge in [-0.05, 0) is 41.3 Å². The van der Waals surface area contributed by atoms with Crippen LogP contribution in [-0.2, 0) is 6.42 Å². The molecule has 12 heavy (non-hydrogen) atoms. The highest BCUT2D eigenvalue weighted by Crippen LogP contribution is 2.32. The number of halogens is 1. The number of oxime groups is 1. The van der Waals surface area contributed by atoms with Crippen LogP contribution in [0.5, 0.6) is 0 Å². The Balaban J connectivity index is 2.50. The molecule has 0 atom stereocenters. The highest BCUT2D eigenvalue weighted by molar-refractivity contribution is 9.11. The Kier molecular flexibility index (Phi) is 2.19. The Bertz CT molecular complexity index is 332. The molecule has 1 aromatic rings. The number of nitrogens with zero attached hydrogens (tertiary/aromatic N) is 1. The van der Waals surface area contributed by atoms with E-state index in [1.807, 2.05) is 6.07 Å². The van der Waals surface area contributed by atoms with Gasteiger partial charge in [0.2, 0.25) is 0 Å². The molecule has 1 aliphatic carbocycles. The van der Waals surface area contributed by atoms with Crippen LogP contribution in [0.2, 0.25) is 0 Å². The second-order valence-corrected chi connectivity index (χ2v) is 5.30. The summed E-state index contributed by atoms with van der Waals surface area (Å²) in [6.45, 7) is 0. The third kappa shape index (κ3) is 1.29. The SMILES string of the molecule is ON=C1CCCc2sc(Br)cc21. The maximum absolute atomic E-state index is 8.72. The van der Waals surface area contributed by atoms with E-state index < -0.39 is 0 Å². The Hall–Kier alpha value is -0.350. The first-order valence-electron chi connectivity index (χ1n) is 3.81. The number of hydrogen-bond acceptors (Lipinski definition) is 3. The summed E-state index contributed by atoms with van der Waals surface area (Å²) in [7, 11) is 0. The normalized spacial score (nSPS) is 19.6. The van der Waals surface area contributed by atoms with E-state index in [0.29, 0.717) is 0 Å². The Morgan fingerprint density at radius 3 is 3.08 bits per heavy atom. The first-order chi connectivity index (χ1) is 5.81. The van der Waals surface area contributed by atoms with Crippen LogP contribution in [0, 0.1) is 0 Å². The van der Waals surface area contributed by atoms with E-state index in [1.165, 1.54) is 4.88 Å². The molecule has 0 radical (unpaired) electrons. The molecule has 0 amide bonds. The molecule has 64 valence electrons. The lowest BCUT2D eigenvalue weighted by Gasteiger charge is -2.10. The van der Waals surface area contributed by atoms with Crippen LogP contribution in [-0.4, -0.2) is 10.9 Å². The van der Waals surface area contributed by atoms with Gasteiger partial charge < -0.3 is 5.21 Å². The van der Waals surface area contributed by atoms with Gasteiger partial charge >= 0.3 is 0 Å². The fraction of sp³-hybridized carbons (Fsp3) is 0.375. The summed E-state index contributed by atoms with van der Waals surface area (Å²) >= 11 is 5.16. The van der Waals surface area contributed by atoms with Crippen molar-refractivity contribution in [1.29, 1.82) is 0 Å². The zero-order valence-corrected chi connectivity index (χ0v) is 8.78. The van der Waals surface area contributed by atoms with Gasteiger partial charge in [-0.2, -0.15) is 0 Å². The molecule has 2 nitrogen and oxygen atoms in total. The van der Waals surface area contributed by atoms with E-state index in [2.05, 4.69) is 21.1 Å². The average molecular weight is 246 g/mol. The molecule has 1 N–H and O–H groups in total. The van der Waals surface area contributed by atoms with Gasteiger partial charge in [0.25, 0.3) is 0 Å². The van der Waals surface area contributed by atoms with Gasteiger partial charge in [-0.25, -0.2) is 0 Å². The number of aryl methyl sites for hydroxylation is 1. The van der Waals surface area contributed by atoms with Crippen LogP contribution < -0.4 is 0 Å². The fourth-order valence-electron chi connectivity index (χ4n) is 1.48. The van der Waals surface area contributed by atoms with Gasteiger partial charge in [0.1, 0.15) is 0 Å². The lowest BCUT2D eigenvalue weighted by atomic mass is 9.97. The van der Waals surface area contributed by atoms with Crippen molar-refractivity contribution in [3.63, 3.8) is 0 Å². The molecule has 4 heteroatoms. The Labute approximate surface area is 83.0 Å². The van der Waals surface area contributed by atoms with Gasteiger partial charge in [-0.1, -0.05) is 5.16 Å². The molecule has 0 saturated heterocycles. The third-order valence-corrected chi connectivity index (χ3v) is 3.73. The number of fused-ring (bicyclic) bond motifs is 1. The molecule has 0 saturated carbocycles. The van der Waals surface area contributed by atoms with Crippen molar-refractivity contribution >= 4 is 33.0 Å². The monoisotopic (exact) mass is 245 g/mol. The molecule has 1 aromatic heterocycles. The smallest absolute Gasteiger partial charge is 0.0879 e. The van der Waals surface area contributed by atoms with E-state index in [4.69, 9.17) is 5.21 Å². The maximum atomic E-state index is 8.72. The summed E-state index contributed by atoms with van der Waals surface area (Å²) < 4.78 is 1.12. The number of hydrogen-bond donors (Lipinski definition) is 1. The lowest BCUT2D eigenvalue weighted by Crippen LogP contribution is -2.08. The minimum Gasteiger partial charge on any atom is -0.411 e. The van der Waals surface area contributed by atoms with Gasteiger partial charge in [0.15, 0.2) is 0 Å². The van der Waals surface area contributed by atoms with Crippen LogP contribution in [0.25, 0.3) is 0 Å². The van der Waals surface area contributed by atoms with Gasteiger partial charge in [-0.15, -0.1) is 11.3 Å². The summed E-state index contributed by atoms with van der Waals surface area (Å²) in [6.07, 6.45) is 3.11. The first-order valence-corrected chi connectivity index (χ1v) is 5.41. The van der Waals surface area contributed by atoms with E-state index in [1.54, 1.807) is 11.3 Å². The van der Waals surface area contributed by atoms with E-state index >= 15 is 0 Å². The second-order valence-electron chi connectivity index (χ2n) is 2.79. The predicted molar refractivity (Wildman–Crippen MR) is 53.3 cm³/mol.